The van der Waals surface area contributed by atoms with Crippen molar-refractivity contribution in [2.45, 2.75) is 70.4 Å². The molecule has 1 N–H and O–H groups in total. The Labute approximate surface area is 114 Å². The minimum atomic E-state index is 0.796. The first-order valence-electron chi connectivity index (χ1n) is 8.08. The Kier molecular flexibility index (Phi) is 5.50. The zero-order valence-electron chi connectivity index (χ0n) is 12.6. The maximum Gasteiger partial charge on any atom is 0.00928 e. The van der Waals surface area contributed by atoms with Crippen LogP contribution in [-0.2, 0) is 0 Å². The van der Waals surface area contributed by atoms with Gasteiger partial charge in [-0.2, -0.15) is 0 Å². The molecular formula is C16H32N2. The molecule has 2 fully saturated rings. The quantitative estimate of drug-likeness (QED) is 0.808. The molecule has 0 aromatic heterocycles. The molecule has 2 saturated carbocycles. The molecule has 18 heavy (non-hydrogen) atoms. The molecular weight excluding hydrogens is 220 g/mol. The summed E-state index contributed by atoms with van der Waals surface area (Å²) >= 11 is 0. The van der Waals surface area contributed by atoms with Gasteiger partial charge in [0.15, 0.2) is 0 Å². The topological polar surface area (TPSA) is 15.3 Å². The van der Waals surface area contributed by atoms with Crippen molar-refractivity contribution in [3.05, 3.63) is 0 Å². The predicted octanol–water partition coefficient (Wildman–Crippen LogP) is 3.28. The Morgan fingerprint density at radius 1 is 1.06 bits per heavy atom. The van der Waals surface area contributed by atoms with E-state index in [0.717, 1.165) is 23.9 Å². The minimum absolute atomic E-state index is 0.796. The van der Waals surface area contributed by atoms with E-state index in [1.54, 1.807) is 0 Å². The molecule has 0 spiro atoms. The van der Waals surface area contributed by atoms with E-state index in [0.29, 0.717) is 0 Å². The van der Waals surface area contributed by atoms with Crippen LogP contribution < -0.4 is 5.32 Å². The van der Waals surface area contributed by atoms with Crippen LogP contribution in [-0.4, -0.2) is 37.6 Å². The van der Waals surface area contributed by atoms with Crippen molar-refractivity contribution < 1.29 is 0 Å². The smallest absolute Gasteiger partial charge is 0.00928 e. The molecule has 0 radical (unpaired) electrons. The van der Waals surface area contributed by atoms with Gasteiger partial charge in [-0.15, -0.1) is 0 Å². The highest BCUT2D eigenvalue weighted by Crippen LogP contribution is 2.30. The SMILES string of the molecule is CNC1CCCC1CCN(C)C1CCC(C)CC1. The molecule has 0 heterocycles. The largest absolute Gasteiger partial charge is 0.317 e. The molecule has 2 atom stereocenters. The van der Waals surface area contributed by atoms with Gasteiger partial charge in [0.1, 0.15) is 0 Å². The molecule has 0 amide bonds. The van der Waals surface area contributed by atoms with Crippen LogP contribution in [0.4, 0.5) is 0 Å². The third-order valence-electron chi connectivity index (χ3n) is 5.49. The number of nitrogens with zero attached hydrogens (tertiary/aromatic N) is 1. The summed E-state index contributed by atoms with van der Waals surface area (Å²) in [6.07, 6.45) is 11.4. The fourth-order valence-corrected chi connectivity index (χ4v) is 4.00. The van der Waals surface area contributed by atoms with E-state index in [4.69, 9.17) is 0 Å². The molecule has 0 bridgehead atoms. The molecule has 0 aromatic carbocycles. The van der Waals surface area contributed by atoms with Crippen LogP contribution in [0.3, 0.4) is 0 Å². The van der Waals surface area contributed by atoms with Crippen molar-refractivity contribution in [3.63, 3.8) is 0 Å². The fraction of sp³-hybridized carbons (Fsp3) is 1.00. The number of rotatable bonds is 5. The second kappa shape index (κ2) is 6.91. The first kappa shape index (κ1) is 14.3. The standard InChI is InChI=1S/C16H32N2/c1-13-7-9-15(10-8-13)18(3)12-11-14-5-4-6-16(14)17-2/h13-17H,4-12H2,1-3H3. The van der Waals surface area contributed by atoms with Gasteiger partial charge in [-0.3, -0.25) is 0 Å². The van der Waals surface area contributed by atoms with Crippen molar-refractivity contribution in [2.75, 3.05) is 20.6 Å². The molecule has 2 nitrogen and oxygen atoms in total. The predicted molar refractivity (Wildman–Crippen MR) is 78.9 cm³/mol. The molecule has 2 unspecified atom stereocenters. The monoisotopic (exact) mass is 252 g/mol. The van der Waals surface area contributed by atoms with Crippen LogP contribution in [0.2, 0.25) is 0 Å². The third-order valence-corrected chi connectivity index (χ3v) is 5.49. The van der Waals surface area contributed by atoms with Gasteiger partial charge < -0.3 is 10.2 Å². The molecule has 2 aliphatic rings. The lowest BCUT2D eigenvalue weighted by atomic mass is 9.86. The first-order valence-corrected chi connectivity index (χ1v) is 8.08. The van der Waals surface area contributed by atoms with Gasteiger partial charge in [-0.1, -0.05) is 13.3 Å². The van der Waals surface area contributed by atoms with Gasteiger partial charge in [0, 0.05) is 12.1 Å². The highest BCUT2D eigenvalue weighted by atomic mass is 15.1. The summed E-state index contributed by atoms with van der Waals surface area (Å²) in [4.78, 5) is 2.65. The van der Waals surface area contributed by atoms with E-state index in [9.17, 15) is 0 Å². The maximum atomic E-state index is 3.50. The average Bonchev–Trinajstić information content (AvgIpc) is 2.84. The van der Waals surface area contributed by atoms with Crippen molar-refractivity contribution in [1.82, 2.24) is 10.2 Å². The van der Waals surface area contributed by atoms with Crippen molar-refractivity contribution in [3.8, 4) is 0 Å². The number of hydrogen-bond donors (Lipinski definition) is 1. The second-order valence-electron chi connectivity index (χ2n) is 6.77. The van der Waals surface area contributed by atoms with E-state index >= 15 is 0 Å². The molecule has 0 aromatic rings. The van der Waals surface area contributed by atoms with Crippen LogP contribution in [0.25, 0.3) is 0 Å². The lowest BCUT2D eigenvalue weighted by Crippen LogP contribution is -2.37. The molecule has 2 aliphatic carbocycles. The lowest BCUT2D eigenvalue weighted by molar-refractivity contribution is 0.159. The highest BCUT2D eigenvalue weighted by molar-refractivity contribution is 4.83. The summed E-state index contributed by atoms with van der Waals surface area (Å²) < 4.78 is 0. The van der Waals surface area contributed by atoms with Gasteiger partial charge in [0.25, 0.3) is 0 Å². The number of hydrogen-bond acceptors (Lipinski definition) is 2. The van der Waals surface area contributed by atoms with E-state index in [2.05, 4.69) is 31.2 Å². The third kappa shape index (κ3) is 3.71. The van der Waals surface area contributed by atoms with Crippen LogP contribution >= 0.6 is 0 Å². The van der Waals surface area contributed by atoms with Crippen molar-refractivity contribution >= 4 is 0 Å². The van der Waals surface area contributed by atoms with Crippen LogP contribution in [0.15, 0.2) is 0 Å². The average molecular weight is 252 g/mol. The second-order valence-corrected chi connectivity index (χ2v) is 6.77. The molecule has 0 saturated heterocycles. The molecule has 2 heteroatoms. The van der Waals surface area contributed by atoms with Crippen LogP contribution in [0.5, 0.6) is 0 Å². The van der Waals surface area contributed by atoms with E-state index in [1.807, 2.05) is 0 Å². The van der Waals surface area contributed by atoms with Gasteiger partial charge in [0.2, 0.25) is 0 Å². The normalized spacial score (nSPS) is 37.3. The fourth-order valence-electron chi connectivity index (χ4n) is 4.00. The summed E-state index contributed by atoms with van der Waals surface area (Å²) in [5.74, 6) is 1.90. The first-order chi connectivity index (χ1) is 8.70. The van der Waals surface area contributed by atoms with Crippen LogP contribution in [0, 0.1) is 11.8 Å². The summed E-state index contributed by atoms with van der Waals surface area (Å²) in [6.45, 7) is 3.72. The van der Waals surface area contributed by atoms with Gasteiger partial charge in [0.05, 0.1) is 0 Å². The zero-order chi connectivity index (χ0) is 13.0. The summed E-state index contributed by atoms with van der Waals surface area (Å²) in [7, 11) is 4.49. The summed E-state index contributed by atoms with van der Waals surface area (Å²) in [6, 6.07) is 1.67. The van der Waals surface area contributed by atoms with Crippen molar-refractivity contribution in [2.24, 2.45) is 11.8 Å². The Morgan fingerprint density at radius 2 is 1.78 bits per heavy atom. The lowest BCUT2D eigenvalue weighted by Gasteiger charge is -2.34. The van der Waals surface area contributed by atoms with Gasteiger partial charge >= 0.3 is 0 Å². The maximum absolute atomic E-state index is 3.50. The molecule has 106 valence electrons. The Balaban J connectivity index is 1.69. The van der Waals surface area contributed by atoms with E-state index in [-0.39, 0.29) is 0 Å². The summed E-state index contributed by atoms with van der Waals surface area (Å²) in [5.41, 5.74) is 0. The zero-order valence-corrected chi connectivity index (χ0v) is 12.6. The highest BCUT2D eigenvalue weighted by Gasteiger charge is 2.27. The van der Waals surface area contributed by atoms with Crippen LogP contribution in [0.1, 0.15) is 58.3 Å². The Morgan fingerprint density at radius 3 is 2.44 bits per heavy atom. The van der Waals surface area contributed by atoms with E-state index < -0.39 is 0 Å². The Bertz CT molecular complexity index is 233. The summed E-state index contributed by atoms with van der Waals surface area (Å²) in [5, 5.41) is 3.50. The minimum Gasteiger partial charge on any atom is -0.317 e. The molecule has 0 aliphatic heterocycles. The number of nitrogens with one attached hydrogen (secondary N) is 1. The van der Waals surface area contributed by atoms with Gasteiger partial charge in [-0.25, -0.2) is 0 Å². The van der Waals surface area contributed by atoms with Crippen molar-refractivity contribution in [1.29, 1.82) is 0 Å². The van der Waals surface area contributed by atoms with Gasteiger partial charge in [-0.05, 0) is 77.4 Å². The van der Waals surface area contributed by atoms with E-state index in [1.165, 1.54) is 57.9 Å². The Hall–Kier alpha value is -0.0800. The molecule has 2 rings (SSSR count).